The maximum absolute atomic E-state index is 10.2. The van der Waals surface area contributed by atoms with E-state index in [1.54, 1.807) is 11.3 Å². The number of aliphatic hydroxyl groups is 1. The highest BCUT2D eigenvalue weighted by atomic mass is 32.1. The van der Waals surface area contributed by atoms with Gasteiger partial charge in [0, 0.05) is 44.6 Å². The molecule has 6 heteroatoms. The van der Waals surface area contributed by atoms with E-state index < -0.39 is 0 Å². The molecule has 0 saturated carbocycles. The fourth-order valence-electron chi connectivity index (χ4n) is 2.89. The fraction of sp³-hybridized carbons (Fsp3) is 0.812. The molecule has 126 valence electrons. The molecule has 1 aromatic rings. The lowest BCUT2D eigenvalue weighted by Gasteiger charge is -2.34. The van der Waals surface area contributed by atoms with Gasteiger partial charge in [0.05, 0.1) is 16.8 Å². The Balaban J connectivity index is 1.58. The summed E-state index contributed by atoms with van der Waals surface area (Å²) in [6.07, 6.45) is 1.87. The van der Waals surface area contributed by atoms with Gasteiger partial charge in [-0.3, -0.25) is 4.90 Å². The number of aliphatic hydroxyl groups excluding tert-OH is 1. The molecule has 5 nitrogen and oxygen atoms in total. The van der Waals surface area contributed by atoms with Crippen molar-refractivity contribution in [3.8, 4) is 0 Å². The number of thiazole rings is 1. The third kappa shape index (κ3) is 6.30. The topological polar surface area (TPSA) is 42.8 Å². The van der Waals surface area contributed by atoms with Gasteiger partial charge in [-0.15, -0.1) is 11.3 Å². The summed E-state index contributed by atoms with van der Waals surface area (Å²) in [4.78, 5) is 11.4. The summed E-state index contributed by atoms with van der Waals surface area (Å²) in [5.74, 6) is 0. The van der Waals surface area contributed by atoms with Crippen molar-refractivity contribution in [1.29, 1.82) is 0 Å². The van der Waals surface area contributed by atoms with Crippen molar-refractivity contribution >= 4 is 11.3 Å². The first-order valence-electron chi connectivity index (χ1n) is 8.21. The molecule has 0 amide bonds. The molecule has 22 heavy (non-hydrogen) atoms. The van der Waals surface area contributed by atoms with Crippen LogP contribution in [0.3, 0.4) is 0 Å². The number of piperazine rings is 1. The Morgan fingerprint density at radius 1 is 1.36 bits per heavy atom. The normalized spacial score (nSPS) is 19.0. The molecule has 1 N–H and O–H groups in total. The number of rotatable bonds is 8. The van der Waals surface area contributed by atoms with Crippen molar-refractivity contribution in [2.75, 3.05) is 59.9 Å². The molecule has 1 fully saturated rings. The maximum atomic E-state index is 10.2. The highest BCUT2D eigenvalue weighted by Crippen LogP contribution is 2.10. The Hall–Kier alpha value is -0.530. The van der Waals surface area contributed by atoms with Gasteiger partial charge < -0.3 is 14.9 Å². The lowest BCUT2D eigenvalue weighted by atomic mass is 10.2. The number of hydrogen-bond acceptors (Lipinski definition) is 6. The SMILES string of the molecule is Cc1nc(CCCN(C)CC(O)CN2CCN(C)CC2)cs1. The summed E-state index contributed by atoms with van der Waals surface area (Å²) < 4.78 is 0. The monoisotopic (exact) mass is 326 g/mol. The van der Waals surface area contributed by atoms with Crippen LogP contribution in [0.2, 0.25) is 0 Å². The zero-order chi connectivity index (χ0) is 15.9. The first-order chi connectivity index (χ1) is 10.5. The summed E-state index contributed by atoms with van der Waals surface area (Å²) in [7, 11) is 4.25. The largest absolute Gasteiger partial charge is 0.390 e. The smallest absolute Gasteiger partial charge is 0.0897 e. The first kappa shape index (κ1) is 17.8. The standard InChI is InChI=1S/C16H30N4OS/c1-14-17-15(13-22-14)5-4-6-19(3)11-16(21)12-20-9-7-18(2)8-10-20/h13,16,21H,4-12H2,1-3H3. The van der Waals surface area contributed by atoms with Crippen LogP contribution in [-0.4, -0.2) is 90.8 Å². The average molecular weight is 327 g/mol. The molecule has 1 unspecified atom stereocenters. The van der Waals surface area contributed by atoms with Gasteiger partial charge in [-0.2, -0.15) is 0 Å². The van der Waals surface area contributed by atoms with Crippen molar-refractivity contribution in [2.24, 2.45) is 0 Å². The molecule has 0 spiro atoms. The summed E-state index contributed by atoms with van der Waals surface area (Å²) in [6.45, 7) is 8.96. The van der Waals surface area contributed by atoms with E-state index in [-0.39, 0.29) is 6.10 Å². The van der Waals surface area contributed by atoms with E-state index in [9.17, 15) is 5.11 Å². The Morgan fingerprint density at radius 2 is 2.09 bits per heavy atom. The van der Waals surface area contributed by atoms with E-state index in [1.165, 1.54) is 5.69 Å². The summed E-state index contributed by atoms with van der Waals surface area (Å²) in [6, 6.07) is 0. The quantitative estimate of drug-likeness (QED) is 0.770. The van der Waals surface area contributed by atoms with E-state index in [0.29, 0.717) is 0 Å². The molecule has 2 rings (SSSR count). The molecular weight excluding hydrogens is 296 g/mol. The molecule has 0 aromatic carbocycles. The van der Waals surface area contributed by atoms with E-state index >= 15 is 0 Å². The zero-order valence-corrected chi connectivity index (χ0v) is 15.0. The van der Waals surface area contributed by atoms with Crippen LogP contribution >= 0.6 is 11.3 Å². The Morgan fingerprint density at radius 3 is 2.73 bits per heavy atom. The van der Waals surface area contributed by atoms with Crippen LogP contribution in [0.25, 0.3) is 0 Å². The van der Waals surface area contributed by atoms with Crippen LogP contribution in [0.1, 0.15) is 17.1 Å². The van der Waals surface area contributed by atoms with Gasteiger partial charge in [-0.25, -0.2) is 4.98 Å². The van der Waals surface area contributed by atoms with E-state index in [0.717, 1.165) is 63.7 Å². The van der Waals surface area contributed by atoms with Crippen molar-refractivity contribution in [2.45, 2.75) is 25.9 Å². The number of aryl methyl sites for hydroxylation is 2. The van der Waals surface area contributed by atoms with E-state index in [4.69, 9.17) is 0 Å². The lowest BCUT2D eigenvalue weighted by Crippen LogP contribution is -2.48. The molecule has 1 aliphatic heterocycles. The number of hydrogen-bond donors (Lipinski definition) is 1. The van der Waals surface area contributed by atoms with Crippen LogP contribution in [0, 0.1) is 6.92 Å². The van der Waals surface area contributed by atoms with Crippen molar-refractivity contribution in [3.63, 3.8) is 0 Å². The minimum Gasteiger partial charge on any atom is -0.390 e. The fourth-order valence-corrected chi connectivity index (χ4v) is 3.54. The van der Waals surface area contributed by atoms with Gasteiger partial charge in [0.1, 0.15) is 0 Å². The first-order valence-corrected chi connectivity index (χ1v) is 9.09. The number of likely N-dealkylation sites (N-methyl/N-ethyl adjacent to an activating group) is 2. The van der Waals surface area contributed by atoms with Gasteiger partial charge >= 0.3 is 0 Å². The van der Waals surface area contributed by atoms with Crippen LogP contribution in [0.15, 0.2) is 5.38 Å². The molecule has 1 aromatic heterocycles. The van der Waals surface area contributed by atoms with Crippen molar-refractivity contribution in [3.05, 3.63) is 16.1 Å². The molecule has 0 radical (unpaired) electrons. The van der Waals surface area contributed by atoms with Crippen LogP contribution in [0.5, 0.6) is 0 Å². The van der Waals surface area contributed by atoms with Crippen LogP contribution in [-0.2, 0) is 6.42 Å². The highest BCUT2D eigenvalue weighted by molar-refractivity contribution is 7.09. The average Bonchev–Trinajstić information content (AvgIpc) is 2.87. The maximum Gasteiger partial charge on any atom is 0.0897 e. The predicted molar refractivity (Wildman–Crippen MR) is 92.6 cm³/mol. The number of β-amino-alcohol motifs (C(OH)–C–C–N with tert-alkyl or cyclic N) is 1. The molecule has 1 aliphatic rings. The third-order valence-corrected chi connectivity index (χ3v) is 5.05. The van der Waals surface area contributed by atoms with Crippen molar-refractivity contribution in [1.82, 2.24) is 19.7 Å². The van der Waals surface area contributed by atoms with Crippen LogP contribution < -0.4 is 0 Å². The number of aromatic nitrogens is 1. The Labute approximate surface area is 138 Å². The van der Waals surface area contributed by atoms with Gasteiger partial charge in [-0.05, 0) is 40.4 Å². The predicted octanol–water partition coefficient (Wildman–Crippen LogP) is 0.924. The molecule has 0 bridgehead atoms. The second-order valence-corrected chi connectivity index (χ2v) is 7.54. The van der Waals surface area contributed by atoms with Crippen molar-refractivity contribution < 1.29 is 5.11 Å². The summed E-state index contributed by atoms with van der Waals surface area (Å²) in [5, 5.41) is 13.5. The zero-order valence-electron chi connectivity index (χ0n) is 14.2. The van der Waals surface area contributed by atoms with Gasteiger partial charge in [0.2, 0.25) is 0 Å². The van der Waals surface area contributed by atoms with Gasteiger partial charge in [0.15, 0.2) is 0 Å². The van der Waals surface area contributed by atoms with E-state index in [2.05, 4.69) is 46.1 Å². The number of nitrogens with zero attached hydrogens (tertiary/aromatic N) is 4. The minimum atomic E-state index is -0.255. The second kappa shape index (κ2) is 8.93. The van der Waals surface area contributed by atoms with Gasteiger partial charge in [-0.1, -0.05) is 0 Å². The van der Waals surface area contributed by atoms with Crippen LogP contribution in [0.4, 0.5) is 0 Å². The third-order valence-electron chi connectivity index (χ3n) is 4.23. The molecule has 1 saturated heterocycles. The Kier molecular flexibility index (Phi) is 7.24. The summed E-state index contributed by atoms with van der Waals surface area (Å²) >= 11 is 1.72. The Bertz CT molecular complexity index is 432. The molecule has 0 aliphatic carbocycles. The highest BCUT2D eigenvalue weighted by Gasteiger charge is 2.17. The second-order valence-electron chi connectivity index (χ2n) is 6.48. The van der Waals surface area contributed by atoms with E-state index in [1.807, 2.05) is 0 Å². The molecule has 1 atom stereocenters. The minimum absolute atomic E-state index is 0.255. The molecular formula is C16H30N4OS. The van der Waals surface area contributed by atoms with Gasteiger partial charge in [0.25, 0.3) is 0 Å². The lowest BCUT2D eigenvalue weighted by molar-refractivity contribution is 0.0606. The summed E-state index contributed by atoms with van der Waals surface area (Å²) in [5.41, 5.74) is 1.20. The molecule has 2 heterocycles.